The molecule has 1 aromatic heterocycles. The van der Waals surface area contributed by atoms with E-state index < -0.39 is 22.7 Å². The largest absolute Gasteiger partial charge is 0.417 e. The van der Waals surface area contributed by atoms with Crippen molar-refractivity contribution in [3.8, 4) is 0 Å². The molecule has 6 nitrogen and oxygen atoms in total. The van der Waals surface area contributed by atoms with Crippen LogP contribution in [0.25, 0.3) is 0 Å². The zero-order valence-corrected chi connectivity index (χ0v) is 15.6. The Hall–Kier alpha value is -2.81. The number of carbonyl (C=O) groups excluding carboxylic acids is 1. The average molecular weight is 412 g/mol. The predicted octanol–water partition coefficient (Wildman–Crippen LogP) is 3.67. The van der Waals surface area contributed by atoms with Gasteiger partial charge in [0.1, 0.15) is 5.82 Å². The van der Waals surface area contributed by atoms with E-state index in [9.17, 15) is 18.0 Å². The van der Waals surface area contributed by atoms with Gasteiger partial charge in [0.15, 0.2) is 0 Å². The Labute approximate surface area is 164 Å². The number of alkyl halides is 3. The Morgan fingerprint density at radius 3 is 2.75 bits per heavy atom. The molecule has 1 aliphatic rings. The van der Waals surface area contributed by atoms with E-state index in [1.54, 1.807) is 6.92 Å². The summed E-state index contributed by atoms with van der Waals surface area (Å²) in [6, 6.07) is 2.97. The third kappa shape index (κ3) is 4.04. The Morgan fingerprint density at radius 2 is 2.11 bits per heavy atom. The fourth-order valence-corrected chi connectivity index (χ4v) is 3.28. The highest BCUT2D eigenvalue weighted by molar-refractivity contribution is 6.34. The van der Waals surface area contributed by atoms with Crippen LogP contribution in [0.3, 0.4) is 0 Å². The molecule has 0 saturated carbocycles. The van der Waals surface area contributed by atoms with Gasteiger partial charge in [0.2, 0.25) is 0 Å². The van der Waals surface area contributed by atoms with Crippen LogP contribution in [0.15, 0.2) is 48.2 Å². The monoisotopic (exact) mass is 411 g/mol. The van der Waals surface area contributed by atoms with Crippen molar-refractivity contribution in [2.24, 2.45) is 5.73 Å². The molecule has 0 bridgehead atoms. The van der Waals surface area contributed by atoms with Crippen LogP contribution in [-0.4, -0.2) is 33.4 Å². The maximum absolute atomic E-state index is 13.1. The standard InChI is InChI=1S/C18H17ClF3N5O/c1-10-7-14(26-15-8-24-5-6-25-15)13(23)9-27(10)17(28)11-3-2-4-12(16(11)19)18(20,21)22/h2-6,8,10H,7,9,23H2,1H3,(H,25,26). The molecule has 0 spiro atoms. The number of anilines is 1. The number of halogens is 4. The smallest absolute Gasteiger partial charge is 0.399 e. The van der Waals surface area contributed by atoms with Crippen molar-refractivity contribution in [3.05, 3.63) is 64.3 Å². The van der Waals surface area contributed by atoms with E-state index in [0.717, 1.165) is 12.1 Å². The molecule has 1 aliphatic heterocycles. The summed E-state index contributed by atoms with van der Waals surface area (Å²) >= 11 is 5.89. The minimum Gasteiger partial charge on any atom is -0.399 e. The zero-order valence-electron chi connectivity index (χ0n) is 14.8. The minimum absolute atomic E-state index is 0.0508. The van der Waals surface area contributed by atoms with Crippen LogP contribution < -0.4 is 11.1 Å². The molecule has 0 saturated heterocycles. The number of amides is 1. The van der Waals surface area contributed by atoms with Gasteiger partial charge >= 0.3 is 6.18 Å². The fraction of sp³-hybridized carbons (Fsp3) is 0.278. The summed E-state index contributed by atoms with van der Waals surface area (Å²) in [7, 11) is 0. The average Bonchev–Trinajstić information content (AvgIpc) is 2.64. The predicted molar refractivity (Wildman–Crippen MR) is 98.4 cm³/mol. The molecule has 1 atom stereocenters. The minimum atomic E-state index is -4.65. The fourth-order valence-electron chi connectivity index (χ4n) is 2.96. The number of nitrogens with zero attached hydrogens (tertiary/aromatic N) is 3. The zero-order chi connectivity index (χ0) is 20.5. The van der Waals surface area contributed by atoms with Gasteiger partial charge in [0, 0.05) is 36.3 Å². The highest BCUT2D eigenvalue weighted by Crippen LogP contribution is 2.37. The van der Waals surface area contributed by atoms with E-state index in [1.165, 1.54) is 29.6 Å². The van der Waals surface area contributed by atoms with Gasteiger partial charge in [-0.25, -0.2) is 4.98 Å². The molecule has 0 aliphatic carbocycles. The molecule has 1 amide bonds. The molecular formula is C18H17ClF3N5O. The second-order valence-corrected chi connectivity index (χ2v) is 6.75. The Balaban J connectivity index is 1.85. The van der Waals surface area contributed by atoms with Gasteiger partial charge in [-0.05, 0) is 19.1 Å². The third-order valence-electron chi connectivity index (χ3n) is 4.40. The number of rotatable bonds is 3. The summed E-state index contributed by atoms with van der Waals surface area (Å²) in [6.07, 6.45) is 0.325. The molecule has 1 aromatic carbocycles. The van der Waals surface area contributed by atoms with E-state index in [2.05, 4.69) is 15.3 Å². The van der Waals surface area contributed by atoms with Gasteiger partial charge in [0.05, 0.1) is 28.9 Å². The topological polar surface area (TPSA) is 84.1 Å². The molecule has 0 fully saturated rings. The molecule has 28 heavy (non-hydrogen) atoms. The van der Waals surface area contributed by atoms with Crippen LogP contribution in [0.4, 0.5) is 19.0 Å². The summed E-state index contributed by atoms with van der Waals surface area (Å²) in [5.74, 6) is -0.0987. The molecular weight excluding hydrogens is 395 g/mol. The highest BCUT2D eigenvalue weighted by atomic mass is 35.5. The van der Waals surface area contributed by atoms with E-state index in [1.807, 2.05) is 0 Å². The van der Waals surface area contributed by atoms with Gasteiger partial charge in [-0.2, -0.15) is 13.2 Å². The SMILES string of the molecule is CC1CC(Nc2cnccn2)=C(N)CN1C(=O)c1cccc(C(F)(F)F)c1Cl. The van der Waals surface area contributed by atoms with Gasteiger partial charge in [-0.3, -0.25) is 9.78 Å². The quantitative estimate of drug-likeness (QED) is 0.805. The molecule has 2 heterocycles. The van der Waals surface area contributed by atoms with Crippen LogP contribution in [0.2, 0.25) is 5.02 Å². The lowest BCUT2D eigenvalue weighted by atomic mass is 10.0. The Morgan fingerprint density at radius 1 is 1.36 bits per heavy atom. The molecule has 2 aromatic rings. The first-order valence-corrected chi connectivity index (χ1v) is 8.73. The molecule has 148 valence electrons. The summed E-state index contributed by atoms with van der Waals surface area (Å²) in [5, 5.41) is 2.46. The molecule has 1 unspecified atom stereocenters. The van der Waals surface area contributed by atoms with Crippen molar-refractivity contribution in [2.45, 2.75) is 25.6 Å². The van der Waals surface area contributed by atoms with Crippen molar-refractivity contribution in [1.82, 2.24) is 14.9 Å². The van der Waals surface area contributed by atoms with Crippen molar-refractivity contribution in [1.29, 1.82) is 0 Å². The van der Waals surface area contributed by atoms with Crippen LogP contribution in [0.5, 0.6) is 0 Å². The third-order valence-corrected chi connectivity index (χ3v) is 4.80. The normalized spacial score (nSPS) is 17.6. The summed E-state index contributed by atoms with van der Waals surface area (Å²) in [4.78, 5) is 22.3. The van der Waals surface area contributed by atoms with Gasteiger partial charge in [0.25, 0.3) is 5.91 Å². The lowest BCUT2D eigenvalue weighted by Gasteiger charge is -2.35. The highest BCUT2D eigenvalue weighted by Gasteiger charge is 2.36. The maximum Gasteiger partial charge on any atom is 0.417 e. The second-order valence-electron chi connectivity index (χ2n) is 6.37. The number of nitrogens with one attached hydrogen (secondary N) is 1. The first kappa shape index (κ1) is 19.9. The second kappa shape index (κ2) is 7.67. The Kier molecular flexibility index (Phi) is 5.46. The summed E-state index contributed by atoms with van der Waals surface area (Å²) in [5.41, 5.74) is 5.92. The van der Waals surface area contributed by atoms with E-state index in [0.29, 0.717) is 23.6 Å². The number of carbonyl (C=O) groups is 1. The van der Waals surface area contributed by atoms with E-state index >= 15 is 0 Å². The van der Waals surface area contributed by atoms with Crippen LogP contribution >= 0.6 is 11.6 Å². The Bertz CT molecular complexity index is 917. The lowest BCUT2D eigenvalue weighted by Crippen LogP contribution is -2.45. The van der Waals surface area contributed by atoms with E-state index in [-0.39, 0.29) is 18.2 Å². The molecule has 3 rings (SSSR count). The van der Waals surface area contributed by atoms with Gasteiger partial charge in [-0.1, -0.05) is 17.7 Å². The molecule has 0 radical (unpaired) electrons. The van der Waals surface area contributed by atoms with E-state index in [4.69, 9.17) is 17.3 Å². The van der Waals surface area contributed by atoms with Crippen molar-refractivity contribution in [2.75, 3.05) is 11.9 Å². The molecule has 10 heteroatoms. The number of hydrogen-bond donors (Lipinski definition) is 2. The number of hydrogen-bond acceptors (Lipinski definition) is 5. The molecule has 3 N–H and O–H groups in total. The number of nitrogens with two attached hydrogens (primary N) is 1. The maximum atomic E-state index is 13.1. The van der Waals surface area contributed by atoms with Crippen molar-refractivity contribution >= 4 is 23.3 Å². The first-order valence-electron chi connectivity index (χ1n) is 8.35. The van der Waals surface area contributed by atoms with Crippen molar-refractivity contribution in [3.63, 3.8) is 0 Å². The van der Waals surface area contributed by atoms with Crippen LogP contribution in [0.1, 0.15) is 29.3 Å². The van der Waals surface area contributed by atoms with Gasteiger partial charge < -0.3 is 16.0 Å². The van der Waals surface area contributed by atoms with Crippen LogP contribution in [-0.2, 0) is 6.18 Å². The number of aromatic nitrogens is 2. The van der Waals surface area contributed by atoms with Crippen LogP contribution in [0, 0.1) is 0 Å². The summed E-state index contributed by atoms with van der Waals surface area (Å²) in [6.45, 7) is 1.83. The van der Waals surface area contributed by atoms with Gasteiger partial charge in [-0.15, -0.1) is 0 Å². The lowest BCUT2D eigenvalue weighted by molar-refractivity contribution is -0.137. The first-order chi connectivity index (χ1) is 13.2. The number of benzene rings is 1. The summed E-state index contributed by atoms with van der Waals surface area (Å²) < 4.78 is 39.2. The van der Waals surface area contributed by atoms with Crippen molar-refractivity contribution < 1.29 is 18.0 Å².